The van der Waals surface area contributed by atoms with Gasteiger partial charge in [0.1, 0.15) is 23.8 Å². The molecule has 1 heterocycles. The minimum absolute atomic E-state index is 0. The molecule has 0 radical (unpaired) electrons. The third-order valence-corrected chi connectivity index (χ3v) is 4.90. The van der Waals surface area contributed by atoms with E-state index in [-0.39, 0.29) is 47.4 Å². The molecule has 1 amide bonds. The normalized spacial score (nSPS) is 10.2. The lowest BCUT2D eigenvalue weighted by atomic mass is 10.0. The molecule has 0 fully saturated rings. The fraction of sp³-hybridized carbons (Fsp3) is 0.200. The number of aromatic carboxylic acids is 1. The number of phenols is 1. The molecule has 178 valence electrons. The van der Waals surface area contributed by atoms with Crippen molar-refractivity contribution < 1.29 is 29.3 Å². The number of phenolic OH excluding ortho intramolecular Hbond substituents is 1. The van der Waals surface area contributed by atoms with Crippen LogP contribution in [-0.4, -0.2) is 32.9 Å². The van der Waals surface area contributed by atoms with Gasteiger partial charge >= 0.3 is 5.97 Å². The molecule has 0 atom stereocenters. The van der Waals surface area contributed by atoms with E-state index in [2.05, 4.69) is 10.3 Å². The van der Waals surface area contributed by atoms with E-state index in [4.69, 9.17) is 9.84 Å². The number of carboxylic acid groups (broad SMARTS) is 1. The summed E-state index contributed by atoms with van der Waals surface area (Å²) in [6.07, 6.45) is 1.29. The predicted molar refractivity (Wildman–Crippen MR) is 129 cm³/mol. The second-order valence-electron chi connectivity index (χ2n) is 7.39. The van der Waals surface area contributed by atoms with E-state index in [0.29, 0.717) is 29.1 Å². The van der Waals surface area contributed by atoms with Crippen molar-refractivity contribution in [3.05, 3.63) is 82.7 Å². The Kier molecular flexibility index (Phi) is 9.15. The van der Waals surface area contributed by atoms with Crippen molar-refractivity contribution in [2.24, 2.45) is 0 Å². The van der Waals surface area contributed by atoms with Crippen LogP contribution in [0.5, 0.6) is 11.5 Å². The van der Waals surface area contributed by atoms with E-state index in [9.17, 15) is 19.5 Å². The number of carbonyl (C=O) groups is 3. The molecule has 0 unspecified atom stereocenters. The quantitative estimate of drug-likeness (QED) is 0.369. The van der Waals surface area contributed by atoms with Crippen molar-refractivity contribution >= 4 is 35.8 Å². The number of halogens is 1. The first-order valence-corrected chi connectivity index (χ1v) is 10.4. The number of rotatable bonds is 9. The molecule has 0 aliphatic rings. The standard InChI is InChI=1S/C25H24N2O6.ClH/c1-3-6-20-22(12-11-19(15(2)28)23(20)29)33-14-18-9-5-10-21(26-18)24(30)27-17-8-4-7-16(13-17)25(31)32;/h4-5,7-13,29H,3,6,14H2,1-2H3,(H,27,30)(H,31,32);1H. The van der Waals surface area contributed by atoms with Crippen molar-refractivity contribution in [1.82, 2.24) is 4.98 Å². The van der Waals surface area contributed by atoms with Crippen LogP contribution < -0.4 is 10.1 Å². The molecule has 3 aromatic rings. The first-order chi connectivity index (χ1) is 15.8. The van der Waals surface area contributed by atoms with E-state index in [1.165, 1.54) is 37.3 Å². The number of ether oxygens (including phenoxy) is 1. The highest BCUT2D eigenvalue weighted by Crippen LogP contribution is 2.33. The minimum Gasteiger partial charge on any atom is -0.507 e. The Morgan fingerprint density at radius 3 is 2.47 bits per heavy atom. The number of anilines is 1. The zero-order valence-corrected chi connectivity index (χ0v) is 19.5. The smallest absolute Gasteiger partial charge is 0.335 e. The number of carboxylic acids is 1. The molecule has 0 saturated carbocycles. The first-order valence-electron chi connectivity index (χ1n) is 10.4. The lowest BCUT2D eigenvalue weighted by molar-refractivity contribution is 0.0696. The summed E-state index contributed by atoms with van der Waals surface area (Å²) in [5.41, 5.74) is 1.82. The molecule has 9 heteroatoms. The Morgan fingerprint density at radius 2 is 1.79 bits per heavy atom. The van der Waals surface area contributed by atoms with Gasteiger partial charge in [0.2, 0.25) is 0 Å². The molecule has 0 spiro atoms. The molecule has 1 aromatic heterocycles. The summed E-state index contributed by atoms with van der Waals surface area (Å²) in [7, 11) is 0. The Balaban J connectivity index is 0.00000408. The van der Waals surface area contributed by atoms with E-state index in [0.717, 1.165) is 6.42 Å². The largest absolute Gasteiger partial charge is 0.507 e. The van der Waals surface area contributed by atoms with Crippen molar-refractivity contribution in [3.8, 4) is 11.5 Å². The molecule has 0 aliphatic heterocycles. The van der Waals surface area contributed by atoms with Crippen LogP contribution in [0.1, 0.15) is 62.7 Å². The van der Waals surface area contributed by atoms with Gasteiger partial charge in [0, 0.05) is 11.3 Å². The zero-order valence-electron chi connectivity index (χ0n) is 18.7. The Bertz CT molecular complexity index is 1210. The highest BCUT2D eigenvalue weighted by molar-refractivity contribution is 6.03. The first kappa shape index (κ1) is 26.3. The molecule has 2 aromatic carbocycles. The number of nitrogens with zero attached hydrogens (tertiary/aromatic N) is 1. The summed E-state index contributed by atoms with van der Waals surface area (Å²) < 4.78 is 5.86. The molecule has 0 saturated heterocycles. The van der Waals surface area contributed by atoms with Gasteiger partial charge in [-0.25, -0.2) is 9.78 Å². The van der Waals surface area contributed by atoms with Crippen LogP contribution in [0, 0.1) is 0 Å². The van der Waals surface area contributed by atoms with E-state index in [1.807, 2.05) is 6.92 Å². The topological polar surface area (TPSA) is 126 Å². The Labute approximate surface area is 203 Å². The van der Waals surface area contributed by atoms with Gasteiger partial charge < -0.3 is 20.3 Å². The van der Waals surface area contributed by atoms with Crippen LogP contribution >= 0.6 is 12.4 Å². The van der Waals surface area contributed by atoms with Gasteiger partial charge in [0.25, 0.3) is 5.91 Å². The molecule has 3 N–H and O–H groups in total. The van der Waals surface area contributed by atoms with Crippen molar-refractivity contribution in [1.29, 1.82) is 0 Å². The maximum absolute atomic E-state index is 12.6. The van der Waals surface area contributed by atoms with Crippen LogP contribution in [0.3, 0.4) is 0 Å². The minimum atomic E-state index is -1.09. The molecule has 34 heavy (non-hydrogen) atoms. The van der Waals surface area contributed by atoms with Gasteiger partial charge in [-0.2, -0.15) is 0 Å². The van der Waals surface area contributed by atoms with Crippen LogP contribution in [0.2, 0.25) is 0 Å². The fourth-order valence-corrected chi connectivity index (χ4v) is 3.29. The number of Topliss-reactive ketones (excluding diaryl/α,β-unsaturated/α-hetero) is 1. The molecular formula is C25H25ClN2O6. The van der Waals surface area contributed by atoms with Crippen LogP contribution in [0.25, 0.3) is 0 Å². The number of pyridine rings is 1. The summed E-state index contributed by atoms with van der Waals surface area (Å²) in [6, 6.07) is 14.0. The highest BCUT2D eigenvalue weighted by atomic mass is 35.5. The number of benzene rings is 2. The van der Waals surface area contributed by atoms with Crippen LogP contribution in [0.4, 0.5) is 5.69 Å². The van der Waals surface area contributed by atoms with Gasteiger partial charge in [-0.05, 0) is 55.8 Å². The van der Waals surface area contributed by atoms with Gasteiger partial charge in [0.05, 0.1) is 16.8 Å². The van der Waals surface area contributed by atoms with Crippen molar-refractivity contribution in [3.63, 3.8) is 0 Å². The lowest BCUT2D eigenvalue weighted by Gasteiger charge is -2.14. The molecule has 0 bridgehead atoms. The molecular weight excluding hydrogens is 460 g/mol. The maximum atomic E-state index is 12.6. The van der Waals surface area contributed by atoms with Gasteiger partial charge in [-0.1, -0.05) is 25.5 Å². The third-order valence-electron chi connectivity index (χ3n) is 4.90. The fourth-order valence-electron chi connectivity index (χ4n) is 3.29. The monoisotopic (exact) mass is 484 g/mol. The number of ketones is 1. The average Bonchev–Trinajstić information content (AvgIpc) is 2.79. The number of nitrogens with one attached hydrogen (secondary N) is 1. The SMILES string of the molecule is CCCc1c(OCc2cccc(C(=O)Nc3cccc(C(=O)O)c3)n2)ccc(C(C)=O)c1O.Cl. The highest BCUT2D eigenvalue weighted by Gasteiger charge is 2.16. The van der Waals surface area contributed by atoms with Gasteiger partial charge in [-0.15, -0.1) is 12.4 Å². The van der Waals surface area contributed by atoms with Crippen molar-refractivity contribution in [2.45, 2.75) is 33.3 Å². The Morgan fingerprint density at radius 1 is 1.06 bits per heavy atom. The Hall–Kier alpha value is -3.91. The number of aromatic hydroxyl groups is 1. The average molecular weight is 485 g/mol. The van der Waals surface area contributed by atoms with E-state index < -0.39 is 11.9 Å². The summed E-state index contributed by atoms with van der Waals surface area (Å²) in [5, 5.41) is 22.2. The van der Waals surface area contributed by atoms with Gasteiger partial charge in [0.15, 0.2) is 5.78 Å². The number of carbonyl (C=O) groups excluding carboxylic acids is 2. The lowest BCUT2D eigenvalue weighted by Crippen LogP contribution is -2.15. The van der Waals surface area contributed by atoms with Crippen molar-refractivity contribution in [2.75, 3.05) is 5.32 Å². The zero-order chi connectivity index (χ0) is 24.0. The maximum Gasteiger partial charge on any atom is 0.335 e. The molecule has 3 rings (SSSR count). The second-order valence-corrected chi connectivity index (χ2v) is 7.39. The summed E-state index contributed by atoms with van der Waals surface area (Å²) in [6.45, 7) is 3.40. The summed E-state index contributed by atoms with van der Waals surface area (Å²) in [4.78, 5) is 39.7. The van der Waals surface area contributed by atoms with Crippen LogP contribution in [-0.2, 0) is 13.0 Å². The second kappa shape index (κ2) is 11.8. The number of hydrogen-bond acceptors (Lipinski definition) is 6. The number of hydrogen-bond donors (Lipinski definition) is 3. The van der Waals surface area contributed by atoms with E-state index in [1.54, 1.807) is 24.3 Å². The van der Waals surface area contributed by atoms with Gasteiger partial charge in [-0.3, -0.25) is 9.59 Å². The predicted octanol–water partition coefficient (Wildman–Crippen LogP) is 4.89. The summed E-state index contributed by atoms with van der Waals surface area (Å²) in [5.74, 6) is -1.44. The number of aromatic nitrogens is 1. The van der Waals surface area contributed by atoms with Crippen LogP contribution in [0.15, 0.2) is 54.6 Å². The third kappa shape index (κ3) is 6.32. The molecule has 0 aliphatic carbocycles. The van der Waals surface area contributed by atoms with E-state index >= 15 is 0 Å². The molecule has 8 nitrogen and oxygen atoms in total. The summed E-state index contributed by atoms with van der Waals surface area (Å²) >= 11 is 0. The number of amides is 1.